The predicted octanol–water partition coefficient (Wildman–Crippen LogP) is 2.61. The van der Waals surface area contributed by atoms with Crippen LogP contribution in [0.5, 0.6) is 0 Å². The van der Waals surface area contributed by atoms with Crippen molar-refractivity contribution in [2.75, 3.05) is 6.54 Å². The maximum Gasteiger partial charge on any atom is 0.306 e. The van der Waals surface area contributed by atoms with Gasteiger partial charge in [0.25, 0.3) is 5.91 Å². The molecule has 0 saturated carbocycles. The van der Waals surface area contributed by atoms with Gasteiger partial charge in [-0.05, 0) is 18.9 Å². The molecule has 1 aromatic rings. The number of nitrogens with zero attached hydrogens (tertiary/aromatic N) is 1. The average molecular weight is 259 g/mol. The topological polar surface area (TPSA) is 57.6 Å². The van der Waals surface area contributed by atoms with Crippen LogP contribution in [0.25, 0.3) is 5.70 Å². The molecular formula is C15H17NO3. The Morgan fingerprint density at radius 2 is 2.00 bits per heavy atom. The van der Waals surface area contributed by atoms with Crippen molar-refractivity contribution < 1.29 is 14.7 Å². The Labute approximate surface area is 112 Å². The Morgan fingerprint density at radius 3 is 2.58 bits per heavy atom. The largest absolute Gasteiger partial charge is 0.481 e. The number of carboxylic acid groups (broad SMARTS) is 1. The molecule has 0 fully saturated rings. The zero-order chi connectivity index (χ0) is 14.0. The summed E-state index contributed by atoms with van der Waals surface area (Å²) in [6.45, 7) is 6.15. The first kappa shape index (κ1) is 13.3. The van der Waals surface area contributed by atoms with E-state index in [4.69, 9.17) is 5.11 Å². The molecule has 0 radical (unpaired) electrons. The smallest absolute Gasteiger partial charge is 0.306 e. The van der Waals surface area contributed by atoms with E-state index >= 15 is 0 Å². The first-order valence-electron chi connectivity index (χ1n) is 6.35. The van der Waals surface area contributed by atoms with Gasteiger partial charge in [0.1, 0.15) is 0 Å². The van der Waals surface area contributed by atoms with Crippen LogP contribution in [-0.2, 0) is 4.79 Å². The van der Waals surface area contributed by atoms with Crippen LogP contribution in [-0.4, -0.2) is 28.4 Å². The van der Waals surface area contributed by atoms with E-state index in [0.29, 0.717) is 30.6 Å². The minimum absolute atomic E-state index is 0.0384. The molecule has 19 heavy (non-hydrogen) atoms. The zero-order valence-corrected chi connectivity index (χ0v) is 10.9. The number of aliphatic carboxylic acids is 1. The van der Waals surface area contributed by atoms with Crippen LogP contribution in [0.15, 0.2) is 30.8 Å². The highest BCUT2D eigenvalue weighted by Gasteiger charge is 2.30. The molecule has 0 saturated heterocycles. The Bertz CT molecular complexity index is 501. The van der Waals surface area contributed by atoms with Gasteiger partial charge in [0.15, 0.2) is 0 Å². The normalized spacial score (nSPS) is 15.5. The number of carbonyl (C=O) groups excluding carboxylic acids is 1. The highest BCUT2D eigenvalue weighted by Crippen LogP contribution is 2.31. The summed E-state index contributed by atoms with van der Waals surface area (Å²) in [5.41, 5.74) is 2.26. The first-order chi connectivity index (χ1) is 9.02. The second kappa shape index (κ2) is 5.26. The van der Waals surface area contributed by atoms with Gasteiger partial charge in [-0.3, -0.25) is 9.59 Å². The van der Waals surface area contributed by atoms with Gasteiger partial charge < -0.3 is 10.0 Å². The fourth-order valence-electron chi connectivity index (χ4n) is 2.25. The second-order valence-corrected chi connectivity index (χ2v) is 4.83. The fraction of sp³-hybridized carbons (Fsp3) is 0.333. The van der Waals surface area contributed by atoms with E-state index in [1.807, 2.05) is 18.2 Å². The van der Waals surface area contributed by atoms with E-state index in [2.05, 4.69) is 6.58 Å². The van der Waals surface area contributed by atoms with Crippen LogP contribution in [0.3, 0.4) is 0 Å². The molecule has 1 unspecified atom stereocenters. The molecule has 100 valence electrons. The van der Waals surface area contributed by atoms with Crippen molar-refractivity contribution >= 4 is 17.6 Å². The molecule has 0 aliphatic carbocycles. The van der Waals surface area contributed by atoms with Crippen molar-refractivity contribution in [3.8, 4) is 0 Å². The van der Waals surface area contributed by atoms with Crippen LogP contribution in [0.1, 0.15) is 35.7 Å². The molecule has 4 nitrogen and oxygen atoms in total. The van der Waals surface area contributed by atoms with Crippen molar-refractivity contribution in [3.63, 3.8) is 0 Å². The molecule has 0 spiro atoms. The van der Waals surface area contributed by atoms with Crippen molar-refractivity contribution in [1.29, 1.82) is 0 Å². The molecule has 1 N–H and O–H groups in total. The summed E-state index contributed by atoms with van der Waals surface area (Å²) >= 11 is 0. The number of benzene rings is 1. The Morgan fingerprint density at radius 1 is 1.37 bits per heavy atom. The number of amides is 1. The Hall–Kier alpha value is -2.10. The fourth-order valence-corrected chi connectivity index (χ4v) is 2.25. The summed E-state index contributed by atoms with van der Waals surface area (Å²) in [4.78, 5) is 24.5. The molecule has 1 atom stereocenters. The summed E-state index contributed by atoms with van der Waals surface area (Å²) in [7, 11) is 0. The van der Waals surface area contributed by atoms with Crippen molar-refractivity contribution in [2.24, 2.45) is 5.92 Å². The Kier molecular flexibility index (Phi) is 3.69. The maximum atomic E-state index is 12.2. The predicted molar refractivity (Wildman–Crippen MR) is 72.5 cm³/mol. The van der Waals surface area contributed by atoms with Gasteiger partial charge >= 0.3 is 5.97 Å². The molecular weight excluding hydrogens is 242 g/mol. The van der Waals surface area contributed by atoms with Gasteiger partial charge in [0.05, 0.1) is 5.92 Å². The summed E-state index contributed by atoms with van der Waals surface area (Å²) in [6.07, 6.45) is 1.22. The molecule has 1 aliphatic heterocycles. The van der Waals surface area contributed by atoms with Crippen LogP contribution >= 0.6 is 0 Å². The molecule has 0 bridgehead atoms. The van der Waals surface area contributed by atoms with Gasteiger partial charge in [0, 0.05) is 23.4 Å². The SMILES string of the molecule is C=C1c2ccccc2C(=O)N1CCCC(C)C(=O)O. The van der Waals surface area contributed by atoms with Gasteiger partial charge in [-0.1, -0.05) is 31.7 Å². The lowest BCUT2D eigenvalue weighted by atomic mass is 10.1. The van der Waals surface area contributed by atoms with E-state index in [0.717, 1.165) is 5.56 Å². The van der Waals surface area contributed by atoms with E-state index in [1.165, 1.54) is 0 Å². The van der Waals surface area contributed by atoms with Gasteiger partial charge in [-0.15, -0.1) is 0 Å². The summed E-state index contributed by atoms with van der Waals surface area (Å²) < 4.78 is 0. The number of hydrogen-bond acceptors (Lipinski definition) is 2. The minimum Gasteiger partial charge on any atom is -0.481 e. The quantitative estimate of drug-likeness (QED) is 0.884. The number of hydrogen-bond donors (Lipinski definition) is 1. The number of carboxylic acids is 1. The highest BCUT2D eigenvalue weighted by atomic mass is 16.4. The molecule has 1 heterocycles. The summed E-state index contributed by atoms with van der Waals surface area (Å²) in [6, 6.07) is 7.39. The second-order valence-electron chi connectivity index (χ2n) is 4.83. The third-order valence-electron chi connectivity index (χ3n) is 3.48. The standard InChI is InChI=1S/C15H17NO3/c1-10(15(18)19)6-5-9-16-11(2)12-7-3-4-8-13(12)14(16)17/h3-4,7-8,10H,2,5-6,9H2,1H3,(H,18,19). The molecule has 1 aliphatic rings. The van der Waals surface area contributed by atoms with Crippen molar-refractivity contribution in [1.82, 2.24) is 4.90 Å². The van der Waals surface area contributed by atoms with E-state index < -0.39 is 5.97 Å². The third kappa shape index (κ3) is 2.52. The van der Waals surface area contributed by atoms with Gasteiger partial charge in [-0.2, -0.15) is 0 Å². The van der Waals surface area contributed by atoms with Crippen LogP contribution in [0.4, 0.5) is 0 Å². The molecule has 0 aromatic heterocycles. The number of rotatable bonds is 5. The van der Waals surface area contributed by atoms with Gasteiger partial charge in [-0.25, -0.2) is 0 Å². The first-order valence-corrected chi connectivity index (χ1v) is 6.35. The van der Waals surface area contributed by atoms with Crippen LogP contribution in [0, 0.1) is 5.92 Å². The van der Waals surface area contributed by atoms with E-state index in [9.17, 15) is 9.59 Å². The van der Waals surface area contributed by atoms with Gasteiger partial charge in [0.2, 0.25) is 0 Å². The zero-order valence-electron chi connectivity index (χ0n) is 10.9. The summed E-state index contributed by atoms with van der Waals surface area (Å²) in [5, 5.41) is 8.82. The van der Waals surface area contributed by atoms with E-state index in [1.54, 1.807) is 17.9 Å². The minimum atomic E-state index is -0.796. The van der Waals surface area contributed by atoms with Crippen molar-refractivity contribution in [2.45, 2.75) is 19.8 Å². The molecule has 1 amide bonds. The molecule has 2 rings (SSSR count). The third-order valence-corrected chi connectivity index (χ3v) is 3.48. The summed E-state index contributed by atoms with van der Waals surface area (Å²) in [5.74, 6) is -1.22. The van der Waals surface area contributed by atoms with Crippen molar-refractivity contribution in [3.05, 3.63) is 42.0 Å². The molecule has 4 heteroatoms. The lowest BCUT2D eigenvalue weighted by Gasteiger charge is -2.17. The van der Waals surface area contributed by atoms with Crippen LogP contribution < -0.4 is 0 Å². The van der Waals surface area contributed by atoms with E-state index in [-0.39, 0.29) is 11.8 Å². The lowest BCUT2D eigenvalue weighted by molar-refractivity contribution is -0.141. The highest BCUT2D eigenvalue weighted by molar-refractivity contribution is 6.08. The Balaban J connectivity index is 1.99. The lowest BCUT2D eigenvalue weighted by Crippen LogP contribution is -2.24. The monoisotopic (exact) mass is 259 g/mol. The van der Waals surface area contributed by atoms with Crippen LogP contribution in [0.2, 0.25) is 0 Å². The molecule has 1 aromatic carbocycles. The number of carbonyl (C=O) groups is 2. The average Bonchev–Trinajstić information content (AvgIpc) is 2.64. The maximum absolute atomic E-state index is 12.2. The number of fused-ring (bicyclic) bond motifs is 1.